The number of aliphatic hydroxyl groups is 1. The first-order valence-corrected chi connectivity index (χ1v) is 4.33. The van der Waals surface area contributed by atoms with Crippen LogP contribution in [0.4, 0.5) is 27.6 Å². The summed E-state index contributed by atoms with van der Waals surface area (Å²) in [6.07, 6.45) is -8.98. The maximum atomic E-state index is 12.5. The molecule has 0 saturated carbocycles. The highest BCUT2D eigenvalue weighted by atomic mass is 19.4. The Bertz CT molecular complexity index is 475. The number of aliphatic hydroxyl groups excluding tert-OH is 1. The van der Waals surface area contributed by atoms with Gasteiger partial charge in [-0.3, -0.25) is 10.1 Å². The molecule has 0 bridgehead atoms. The molecule has 0 amide bonds. The predicted octanol–water partition coefficient (Wildman–Crippen LogP) is 2.44. The minimum atomic E-state index is -5.34. The van der Waals surface area contributed by atoms with Crippen molar-refractivity contribution in [2.24, 2.45) is 0 Å². The van der Waals surface area contributed by atoms with Crippen LogP contribution in [-0.4, -0.2) is 15.0 Å². The van der Waals surface area contributed by atoms with E-state index in [1.54, 1.807) is 0 Å². The van der Waals surface area contributed by atoms with E-state index in [1.165, 1.54) is 0 Å². The summed E-state index contributed by atoms with van der Waals surface area (Å²) < 4.78 is 62.5. The lowest BCUT2D eigenvalue weighted by Gasteiger charge is -2.12. The zero-order chi connectivity index (χ0) is 14.1. The molecule has 0 aromatic carbocycles. The summed E-state index contributed by atoms with van der Waals surface area (Å²) in [6, 6.07) is 0.314. The maximum absolute atomic E-state index is 12.5. The fourth-order valence-corrected chi connectivity index (χ4v) is 1.28. The van der Waals surface area contributed by atoms with E-state index in [9.17, 15) is 32.1 Å². The Morgan fingerprint density at radius 3 is 2.33 bits per heavy atom. The average molecular weight is 272 g/mol. The normalized spacial score (nSPS) is 11.9. The van der Waals surface area contributed by atoms with Crippen molar-refractivity contribution in [1.29, 1.82) is 0 Å². The monoisotopic (exact) mass is 272 g/mol. The summed E-state index contributed by atoms with van der Waals surface area (Å²) in [6.45, 7) is -0.987. The molecule has 0 fully saturated rings. The Morgan fingerprint density at radius 1 is 1.44 bits per heavy atom. The van der Waals surface area contributed by atoms with Gasteiger partial charge < -0.3 is 5.11 Å². The summed E-state index contributed by atoms with van der Waals surface area (Å²) in [4.78, 5) is 11.9. The van der Waals surface area contributed by atoms with Crippen LogP contribution >= 0.6 is 0 Å². The molecule has 0 spiro atoms. The van der Waals surface area contributed by atoms with E-state index in [0.29, 0.717) is 6.07 Å². The lowest BCUT2D eigenvalue weighted by atomic mass is 10.1. The molecule has 1 aromatic heterocycles. The number of halogens is 5. The summed E-state index contributed by atoms with van der Waals surface area (Å²) in [5, 5.41) is 19.1. The van der Waals surface area contributed by atoms with Gasteiger partial charge in [-0.1, -0.05) is 0 Å². The topological polar surface area (TPSA) is 76.3 Å². The van der Waals surface area contributed by atoms with Gasteiger partial charge in [0.2, 0.25) is 0 Å². The Balaban J connectivity index is 3.67. The lowest BCUT2D eigenvalue weighted by molar-refractivity contribution is -0.388. The molecule has 0 aliphatic rings. The van der Waals surface area contributed by atoms with Gasteiger partial charge >= 0.3 is 6.18 Å². The molecule has 0 saturated heterocycles. The second-order valence-corrected chi connectivity index (χ2v) is 3.11. The van der Waals surface area contributed by atoms with Crippen LogP contribution in [0.5, 0.6) is 0 Å². The Kier molecular flexibility index (Phi) is 3.79. The molecule has 18 heavy (non-hydrogen) atoms. The third kappa shape index (κ3) is 2.70. The van der Waals surface area contributed by atoms with Gasteiger partial charge in [0.15, 0.2) is 5.56 Å². The van der Waals surface area contributed by atoms with Crippen LogP contribution in [-0.2, 0) is 12.8 Å². The molecule has 0 atom stereocenters. The number of hydrogen-bond donors (Lipinski definition) is 1. The molecular weight excluding hydrogens is 267 g/mol. The number of rotatable bonds is 3. The quantitative estimate of drug-likeness (QED) is 0.521. The average Bonchev–Trinajstić information content (AvgIpc) is 2.25. The minimum absolute atomic E-state index is 0.314. The van der Waals surface area contributed by atoms with Crippen molar-refractivity contribution >= 4 is 5.69 Å². The van der Waals surface area contributed by atoms with Crippen molar-refractivity contribution in [2.45, 2.75) is 19.2 Å². The Morgan fingerprint density at radius 2 is 2.00 bits per heavy atom. The van der Waals surface area contributed by atoms with Crippen LogP contribution in [0.15, 0.2) is 6.07 Å². The van der Waals surface area contributed by atoms with E-state index >= 15 is 0 Å². The third-order valence-corrected chi connectivity index (χ3v) is 1.93. The van der Waals surface area contributed by atoms with E-state index in [4.69, 9.17) is 5.11 Å². The number of pyridine rings is 1. The zero-order valence-electron chi connectivity index (χ0n) is 8.41. The van der Waals surface area contributed by atoms with Crippen LogP contribution < -0.4 is 0 Å². The lowest BCUT2D eigenvalue weighted by Crippen LogP contribution is -2.16. The molecule has 0 aliphatic heterocycles. The van der Waals surface area contributed by atoms with E-state index in [0.717, 1.165) is 0 Å². The SMILES string of the molecule is O=[N+]([O-])c1cc(CO)nc(C(F)F)c1C(F)(F)F. The van der Waals surface area contributed by atoms with E-state index in [-0.39, 0.29) is 0 Å². The minimum Gasteiger partial charge on any atom is -0.390 e. The first-order chi connectivity index (χ1) is 8.18. The van der Waals surface area contributed by atoms with Crippen molar-refractivity contribution < 1.29 is 32.0 Å². The van der Waals surface area contributed by atoms with Gasteiger partial charge in [-0.2, -0.15) is 13.2 Å². The van der Waals surface area contributed by atoms with Crippen molar-refractivity contribution in [1.82, 2.24) is 4.98 Å². The van der Waals surface area contributed by atoms with Gasteiger partial charge in [0, 0.05) is 6.07 Å². The van der Waals surface area contributed by atoms with Crippen LogP contribution in [0.2, 0.25) is 0 Å². The molecule has 0 aliphatic carbocycles. The van der Waals surface area contributed by atoms with Crippen molar-refractivity contribution in [3.05, 3.63) is 33.1 Å². The molecule has 5 nitrogen and oxygen atoms in total. The number of alkyl halides is 5. The largest absolute Gasteiger partial charge is 0.425 e. The van der Waals surface area contributed by atoms with E-state index < -0.39 is 46.8 Å². The molecule has 1 rings (SSSR count). The van der Waals surface area contributed by atoms with Crippen molar-refractivity contribution in [3.63, 3.8) is 0 Å². The summed E-state index contributed by atoms with van der Waals surface area (Å²) >= 11 is 0. The highest BCUT2D eigenvalue weighted by molar-refractivity contribution is 5.46. The fourth-order valence-electron chi connectivity index (χ4n) is 1.28. The molecule has 0 radical (unpaired) electrons. The number of aromatic nitrogens is 1. The van der Waals surface area contributed by atoms with Gasteiger partial charge in [0.1, 0.15) is 5.69 Å². The number of nitrogens with zero attached hydrogens (tertiary/aromatic N) is 2. The molecule has 1 N–H and O–H groups in total. The second-order valence-electron chi connectivity index (χ2n) is 3.11. The summed E-state index contributed by atoms with van der Waals surface area (Å²) in [5.74, 6) is 0. The van der Waals surface area contributed by atoms with Crippen LogP contribution in [0.1, 0.15) is 23.4 Å². The molecule has 0 unspecified atom stereocenters. The number of hydrogen-bond acceptors (Lipinski definition) is 4. The smallest absolute Gasteiger partial charge is 0.390 e. The molecule has 1 heterocycles. The first kappa shape index (κ1) is 14.2. The van der Waals surface area contributed by atoms with Crippen LogP contribution in [0.25, 0.3) is 0 Å². The van der Waals surface area contributed by atoms with Gasteiger partial charge in [-0.25, -0.2) is 13.8 Å². The molecule has 100 valence electrons. The zero-order valence-corrected chi connectivity index (χ0v) is 8.41. The first-order valence-electron chi connectivity index (χ1n) is 4.33. The molecular formula is C8H5F5N2O3. The molecule has 1 aromatic rings. The predicted molar refractivity (Wildman–Crippen MR) is 46.8 cm³/mol. The maximum Gasteiger partial charge on any atom is 0.425 e. The molecule has 10 heteroatoms. The fraction of sp³-hybridized carbons (Fsp3) is 0.375. The highest BCUT2D eigenvalue weighted by Gasteiger charge is 2.44. The van der Waals surface area contributed by atoms with Gasteiger partial charge in [0.25, 0.3) is 12.1 Å². The van der Waals surface area contributed by atoms with E-state index in [2.05, 4.69) is 4.98 Å². The van der Waals surface area contributed by atoms with Crippen molar-refractivity contribution in [3.8, 4) is 0 Å². The van der Waals surface area contributed by atoms with E-state index in [1.807, 2.05) is 0 Å². The van der Waals surface area contributed by atoms with Crippen LogP contribution in [0, 0.1) is 10.1 Å². The Labute approximate surface area is 96.0 Å². The Hall–Kier alpha value is -1.84. The summed E-state index contributed by atoms with van der Waals surface area (Å²) in [7, 11) is 0. The second kappa shape index (κ2) is 4.80. The standard InChI is InChI=1S/C8H5F5N2O3/c9-7(10)6-5(8(11,12)13)4(15(17)18)1-3(2-16)14-6/h1,7,16H,2H2. The number of nitro groups is 1. The summed E-state index contributed by atoms with van der Waals surface area (Å²) in [5.41, 5.74) is -6.05. The van der Waals surface area contributed by atoms with Gasteiger partial charge in [0.05, 0.1) is 17.2 Å². The van der Waals surface area contributed by atoms with Gasteiger partial charge in [-0.05, 0) is 0 Å². The third-order valence-electron chi connectivity index (χ3n) is 1.93. The highest BCUT2D eigenvalue weighted by Crippen LogP contribution is 2.41. The van der Waals surface area contributed by atoms with Crippen molar-refractivity contribution in [2.75, 3.05) is 0 Å². The van der Waals surface area contributed by atoms with Crippen LogP contribution in [0.3, 0.4) is 0 Å². The van der Waals surface area contributed by atoms with Gasteiger partial charge in [-0.15, -0.1) is 0 Å².